The molecule has 3 rings (SSSR count). The molecule has 1 atom stereocenters. The molecule has 0 amide bonds. The molecule has 1 aliphatic heterocycles. The van der Waals surface area contributed by atoms with Gasteiger partial charge in [-0.1, -0.05) is 0 Å². The third-order valence-electron chi connectivity index (χ3n) is 4.34. The van der Waals surface area contributed by atoms with Gasteiger partial charge in [0.25, 0.3) is 10.0 Å². The lowest BCUT2D eigenvalue weighted by molar-refractivity contribution is 0.286. The molecule has 7 heteroatoms. The van der Waals surface area contributed by atoms with Crippen LogP contribution in [0.3, 0.4) is 0 Å². The van der Waals surface area contributed by atoms with Gasteiger partial charge in [0, 0.05) is 25.3 Å². The molecule has 1 saturated heterocycles. The summed E-state index contributed by atoms with van der Waals surface area (Å²) in [5, 5.41) is 3.56. The number of nitrogens with one attached hydrogen (secondary N) is 1. The fraction of sp³-hybridized carbons (Fsp3) is 0.786. The molecule has 0 spiro atoms. The molecular weight excluding hydrogens is 288 g/mol. The lowest BCUT2D eigenvalue weighted by Crippen LogP contribution is -2.42. The Morgan fingerprint density at radius 2 is 2.24 bits per heavy atom. The molecule has 2 heterocycles. The summed E-state index contributed by atoms with van der Waals surface area (Å²) in [5.41, 5.74) is 0. The molecule has 0 aromatic carbocycles. The van der Waals surface area contributed by atoms with Crippen LogP contribution in [0, 0.1) is 5.92 Å². The van der Waals surface area contributed by atoms with Crippen molar-refractivity contribution >= 4 is 10.0 Å². The summed E-state index contributed by atoms with van der Waals surface area (Å²) in [6.07, 6.45) is 7.44. The summed E-state index contributed by atoms with van der Waals surface area (Å²) >= 11 is 0. The number of imidazole rings is 1. The average Bonchev–Trinajstić information content (AvgIpc) is 3.20. The van der Waals surface area contributed by atoms with Gasteiger partial charge in [-0.15, -0.1) is 0 Å². The number of hydrogen-bond donors (Lipinski definition) is 1. The summed E-state index contributed by atoms with van der Waals surface area (Å²) in [6.45, 7) is 5.30. The SMILES string of the molecule is CCn1cnc(S(=O)(=O)N(CC2CCCNC2)C2CC2)c1. The van der Waals surface area contributed by atoms with Crippen molar-refractivity contribution in [2.24, 2.45) is 5.92 Å². The Morgan fingerprint density at radius 1 is 1.43 bits per heavy atom. The minimum absolute atomic E-state index is 0.184. The lowest BCUT2D eigenvalue weighted by atomic mass is 10.00. The van der Waals surface area contributed by atoms with Gasteiger partial charge in [0.15, 0.2) is 5.03 Å². The van der Waals surface area contributed by atoms with Crippen molar-refractivity contribution < 1.29 is 8.42 Å². The highest BCUT2D eigenvalue weighted by Crippen LogP contribution is 2.33. The van der Waals surface area contributed by atoms with E-state index in [1.807, 2.05) is 6.92 Å². The maximum Gasteiger partial charge on any atom is 0.262 e. The highest BCUT2D eigenvalue weighted by Gasteiger charge is 2.40. The van der Waals surface area contributed by atoms with Crippen LogP contribution in [0.2, 0.25) is 0 Å². The van der Waals surface area contributed by atoms with Crippen molar-refractivity contribution in [3.8, 4) is 0 Å². The zero-order chi connectivity index (χ0) is 14.9. The van der Waals surface area contributed by atoms with Gasteiger partial charge in [-0.2, -0.15) is 4.31 Å². The molecule has 118 valence electrons. The number of hydrogen-bond acceptors (Lipinski definition) is 4. The van der Waals surface area contributed by atoms with E-state index in [0.717, 1.165) is 45.3 Å². The van der Waals surface area contributed by atoms with E-state index in [-0.39, 0.29) is 11.1 Å². The van der Waals surface area contributed by atoms with E-state index in [2.05, 4.69) is 10.3 Å². The van der Waals surface area contributed by atoms with Crippen LogP contribution in [-0.2, 0) is 16.6 Å². The van der Waals surface area contributed by atoms with Crippen molar-refractivity contribution in [3.05, 3.63) is 12.5 Å². The second-order valence-electron chi connectivity index (χ2n) is 6.06. The van der Waals surface area contributed by atoms with Gasteiger partial charge < -0.3 is 9.88 Å². The Kier molecular flexibility index (Phi) is 4.33. The lowest BCUT2D eigenvalue weighted by Gasteiger charge is -2.29. The summed E-state index contributed by atoms with van der Waals surface area (Å²) in [5.74, 6) is 0.419. The monoisotopic (exact) mass is 312 g/mol. The molecule has 1 aliphatic carbocycles. The van der Waals surface area contributed by atoms with E-state index < -0.39 is 10.0 Å². The van der Waals surface area contributed by atoms with Gasteiger partial charge >= 0.3 is 0 Å². The van der Waals surface area contributed by atoms with E-state index in [9.17, 15) is 8.42 Å². The number of rotatable bonds is 6. The molecular formula is C14H24N4O2S. The molecule has 2 fully saturated rings. The van der Waals surface area contributed by atoms with Crippen LogP contribution in [0.4, 0.5) is 0 Å². The van der Waals surface area contributed by atoms with Crippen molar-refractivity contribution in [2.75, 3.05) is 19.6 Å². The zero-order valence-electron chi connectivity index (χ0n) is 12.5. The summed E-state index contributed by atoms with van der Waals surface area (Å²) in [7, 11) is -3.45. The largest absolute Gasteiger partial charge is 0.336 e. The summed E-state index contributed by atoms with van der Waals surface area (Å²) < 4.78 is 29.2. The standard InChI is InChI=1S/C14H24N4O2S/c1-2-17-10-14(16-11-17)21(19,20)18(13-5-6-13)9-12-4-3-7-15-8-12/h10-13,15H,2-9H2,1H3. The van der Waals surface area contributed by atoms with Crippen LogP contribution in [0.5, 0.6) is 0 Å². The Hall–Kier alpha value is -0.920. The molecule has 1 unspecified atom stereocenters. The van der Waals surface area contributed by atoms with Gasteiger partial charge in [-0.3, -0.25) is 0 Å². The number of sulfonamides is 1. The molecule has 0 bridgehead atoms. The first-order valence-electron chi connectivity index (χ1n) is 7.85. The van der Waals surface area contributed by atoms with E-state index in [1.54, 1.807) is 21.4 Å². The molecule has 6 nitrogen and oxygen atoms in total. The Balaban J connectivity index is 1.78. The van der Waals surface area contributed by atoms with E-state index in [4.69, 9.17) is 0 Å². The van der Waals surface area contributed by atoms with E-state index in [1.165, 1.54) is 0 Å². The fourth-order valence-electron chi connectivity index (χ4n) is 2.91. The van der Waals surface area contributed by atoms with Crippen LogP contribution in [-0.4, -0.2) is 48.0 Å². The van der Waals surface area contributed by atoms with E-state index >= 15 is 0 Å². The van der Waals surface area contributed by atoms with Crippen molar-refractivity contribution in [1.29, 1.82) is 0 Å². The maximum absolute atomic E-state index is 12.8. The van der Waals surface area contributed by atoms with Crippen LogP contribution >= 0.6 is 0 Å². The average molecular weight is 312 g/mol. The molecule has 21 heavy (non-hydrogen) atoms. The number of nitrogens with zero attached hydrogens (tertiary/aromatic N) is 3. The zero-order valence-corrected chi connectivity index (χ0v) is 13.3. The number of aromatic nitrogens is 2. The number of piperidine rings is 1. The predicted molar refractivity (Wildman–Crippen MR) is 80.4 cm³/mol. The summed E-state index contributed by atoms with van der Waals surface area (Å²) in [6, 6.07) is 0.184. The Morgan fingerprint density at radius 3 is 2.81 bits per heavy atom. The van der Waals surface area contributed by atoms with Crippen molar-refractivity contribution in [1.82, 2.24) is 19.2 Å². The Labute approximate surface area is 126 Å². The highest BCUT2D eigenvalue weighted by atomic mass is 32.2. The minimum Gasteiger partial charge on any atom is -0.336 e. The van der Waals surface area contributed by atoms with E-state index in [0.29, 0.717) is 12.5 Å². The molecule has 1 saturated carbocycles. The molecule has 1 aromatic rings. The molecule has 2 aliphatic rings. The van der Waals surface area contributed by atoms with Crippen molar-refractivity contribution in [2.45, 2.75) is 50.2 Å². The van der Waals surface area contributed by atoms with Gasteiger partial charge in [0.2, 0.25) is 0 Å². The Bertz CT molecular complexity index is 574. The minimum atomic E-state index is -3.45. The first kappa shape index (κ1) is 15.0. The van der Waals surface area contributed by atoms with Crippen LogP contribution in [0.25, 0.3) is 0 Å². The van der Waals surface area contributed by atoms with Crippen molar-refractivity contribution in [3.63, 3.8) is 0 Å². The fourth-order valence-corrected chi connectivity index (χ4v) is 4.61. The van der Waals surface area contributed by atoms with Gasteiger partial charge in [-0.25, -0.2) is 13.4 Å². The smallest absolute Gasteiger partial charge is 0.262 e. The quantitative estimate of drug-likeness (QED) is 0.853. The second-order valence-corrected chi connectivity index (χ2v) is 7.90. The van der Waals surface area contributed by atoms with Crippen LogP contribution in [0.15, 0.2) is 17.6 Å². The van der Waals surface area contributed by atoms with Gasteiger partial charge in [-0.05, 0) is 51.6 Å². The predicted octanol–water partition coefficient (Wildman–Crippen LogP) is 1.06. The molecule has 0 radical (unpaired) electrons. The van der Waals surface area contributed by atoms with Gasteiger partial charge in [0.1, 0.15) is 0 Å². The second kappa shape index (κ2) is 6.06. The van der Waals surface area contributed by atoms with Crippen LogP contribution in [0.1, 0.15) is 32.6 Å². The highest BCUT2D eigenvalue weighted by molar-refractivity contribution is 7.89. The van der Waals surface area contributed by atoms with Crippen LogP contribution < -0.4 is 5.32 Å². The normalized spacial score (nSPS) is 23.6. The number of aryl methyl sites for hydroxylation is 1. The molecule has 1 aromatic heterocycles. The maximum atomic E-state index is 12.8. The first-order chi connectivity index (χ1) is 10.1. The van der Waals surface area contributed by atoms with Gasteiger partial charge in [0.05, 0.1) is 6.33 Å². The summed E-state index contributed by atoms with van der Waals surface area (Å²) in [4.78, 5) is 4.10. The topological polar surface area (TPSA) is 67.2 Å². The molecule has 1 N–H and O–H groups in total. The third kappa shape index (κ3) is 3.30. The third-order valence-corrected chi connectivity index (χ3v) is 6.14. The first-order valence-corrected chi connectivity index (χ1v) is 9.29.